The van der Waals surface area contributed by atoms with Crippen molar-refractivity contribution in [2.45, 2.75) is 33.7 Å². The average Bonchev–Trinajstić information content (AvgIpc) is 2.87. The molecule has 0 aliphatic rings. The van der Waals surface area contributed by atoms with Crippen molar-refractivity contribution in [1.82, 2.24) is 25.5 Å². The summed E-state index contributed by atoms with van der Waals surface area (Å²) in [5, 5.41) is 15.2. The van der Waals surface area contributed by atoms with E-state index in [0.717, 1.165) is 24.5 Å². The lowest BCUT2D eigenvalue weighted by molar-refractivity contribution is 0.537. The Morgan fingerprint density at radius 1 is 1.21 bits per heavy atom. The molecule has 1 aromatic heterocycles. The van der Waals surface area contributed by atoms with Gasteiger partial charge in [-0.05, 0) is 47.0 Å². The van der Waals surface area contributed by atoms with Crippen LogP contribution >= 0.6 is 0 Å². The summed E-state index contributed by atoms with van der Waals surface area (Å²) in [5.41, 5.74) is 2.32. The van der Waals surface area contributed by atoms with Crippen LogP contribution in [0, 0.1) is 5.92 Å². The molecule has 1 heterocycles. The number of aryl methyl sites for hydroxylation is 1. The van der Waals surface area contributed by atoms with E-state index in [2.05, 4.69) is 65.9 Å². The fourth-order valence-electron chi connectivity index (χ4n) is 1.86. The molecule has 5 nitrogen and oxygen atoms in total. The minimum Gasteiger partial charge on any atom is -0.310 e. The van der Waals surface area contributed by atoms with Crippen LogP contribution in [0.2, 0.25) is 0 Å². The third-order valence-electron chi connectivity index (χ3n) is 2.96. The summed E-state index contributed by atoms with van der Waals surface area (Å²) in [6.45, 7) is 8.15. The minimum absolute atomic E-state index is 0.619. The van der Waals surface area contributed by atoms with Gasteiger partial charge >= 0.3 is 0 Å². The SMILES string of the molecule is CCc1ccc(-n2nnnc2CNCC(C)C)cc1. The van der Waals surface area contributed by atoms with E-state index >= 15 is 0 Å². The molecule has 0 saturated heterocycles. The van der Waals surface area contributed by atoms with Gasteiger partial charge in [0.1, 0.15) is 0 Å². The summed E-state index contributed by atoms with van der Waals surface area (Å²) < 4.78 is 1.78. The minimum atomic E-state index is 0.619. The fraction of sp³-hybridized carbons (Fsp3) is 0.500. The summed E-state index contributed by atoms with van der Waals surface area (Å²) in [7, 11) is 0. The Morgan fingerprint density at radius 3 is 2.58 bits per heavy atom. The second kappa shape index (κ2) is 6.43. The summed E-state index contributed by atoms with van der Waals surface area (Å²) >= 11 is 0. The highest BCUT2D eigenvalue weighted by atomic mass is 15.5. The van der Waals surface area contributed by atoms with Gasteiger partial charge in [0.05, 0.1) is 12.2 Å². The quantitative estimate of drug-likeness (QED) is 0.861. The predicted molar refractivity (Wildman–Crippen MR) is 75.1 cm³/mol. The van der Waals surface area contributed by atoms with Crippen molar-refractivity contribution < 1.29 is 0 Å². The summed E-state index contributed by atoms with van der Waals surface area (Å²) in [4.78, 5) is 0. The van der Waals surface area contributed by atoms with Crippen molar-refractivity contribution >= 4 is 0 Å². The van der Waals surface area contributed by atoms with Crippen LogP contribution in [0.5, 0.6) is 0 Å². The van der Waals surface area contributed by atoms with E-state index in [0.29, 0.717) is 12.5 Å². The van der Waals surface area contributed by atoms with Crippen LogP contribution in [-0.2, 0) is 13.0 Å². The topological polar surface area (TPSA) is 55.6 Å². The number of nitrogens with zero attached hydrogens (tertiary/aromatic N) is 4. The van der Waals surface area contributed by atoms with E-state index in [9.17, 15) is 0 Å². The van der Waals surface area contributed by atoms with Crippen LogP contribution in [0.25, 0.3) is 5.69 Å². The maximum Gasteiger partial charge on any atom is 0.170 e. The van der Waals surface area contributed by atoms with E-state index in [4.69, 9.17) is 0 Å². The first-order valence-electron chi connectivity index (χ1n) is 6.78. The molecule has 0 bridgehead atoms. The van der Waals surface area contributed by atoms with Gasteiger partial charge in [-0.2, -0.15) is 4.68 Å². The summed E-state index contributed by atoms with van der Waals surface area (Å²) in [6.07, 6.45) is 1.04. The van der Waals surface area contributed by atoms with Crippen LogP contribution in [-0.4, -0.2) is 26.8 Å². The van der Waals surface area contributed by atoms with Crippen molar-refractivity contribution in [3.8, 4) is 5.69 Å². The Morgan fingerprint density at radius 2 is 1.95 bits per heavy atom. The van der Waals surface area contributed by atoms with Gasteiger partial charge in [-0.25, -0.2) is 0 Å². The maximum absolute atomic E-state index is 4.07. The molecular weight excluding hydrogens is 238 g/mol. The molecule has 0 radical (unpaired) electrons. The van der Waals surface area contributed by atoms with E-state index in [1.807, 2.05) is 0 Å². The molecule has 0 spiro atoms. The zero-order valence-electron chi connectivity index (χ0n) is 11.8. The molecule has 1 N–H and O–H groups in total. The van der Waals surface area contributed by atoms with E-state index in [-0.39, 0.29) is 0 Å². The van der Waals surface area contributed by atoms with E-state index < -0.39 is 0 Å². The number of aromatic nitrogens is 4. The monoisotopic (exact) mass is 259 g/mol. The number of benzene rings is 1. The molecule has 19 heavy (non-hydrogen) atoms. The Labute approximate surface area is 114 Å². The molecule has 0 aliphatic carbocycles. The maximum atomic E-state index is 4.07. The zero-order chi connectivity index (χ0) is 13.7. The van der Waals surface area contributed by atoms with Crippen molar-refractivity contribution in [3.63, 3.8) is 0 Å². The van der Waals surface area contributed by atoms with Crippen molar-refractivity contribution in [3.05, 3.63) is 35.7 Å². The van der Waals surface area contributed by atoms with Gasteiger partial charge in [0.25, 0.3) is 0 Å². The molecule has 1 aromatic carbocycles. The van der Waals surface area contributed by atoms with Crippen molar-refractivity contribution in [2.75, 3.05) is 6.54 Å². The Bertz CT molecular complexity index is 501. The lowest BCUT2D eigenvalue weighted by Gasteiger charge is -2.08. The first-order chi connectivity index (χ1) is 9.20. The average molecular weight is 259 g/mol. The fourth-order valence-corrected chi connectivity index (χ4v) is 1.86. The molecule has 102 valence electrons. The van der Waals surface area contributed by atoms with Gasteiger partial charge < -0.3 is 5.32 Å². The molecule has 0 unspecified atom stereocenters. The molecule has 0 aliphatic heterocycles. The molecule has 0 fully saturated rings. The Hall–Kier alpha value is -1.75. The molecule has 0 atom stereocenters. The highest BCUT2D eigenvalue weighted by Crippen LogP contribution is 2.10. The van der Waals surface area contributed by atoms with Crippen LogP contribution < -0.4 is 5.32 Å². The first-order valence-corrected chi connectivity index (χ1v) is 6.78. The van der Waals surface area contributed by atoms with Crippen LogP contribution in [0.3, 0.4) is 0 Å². The van der Waals surface area contributed by atoms with E-state index in [1.54, 1.807) is 4.68 Å². The van der Waals surface area contributed by atoms with Crippen LogP contribution in [0.15, 0.2) is 24.3 Å². The standard InChI is InChI=1S/C14H21N5/c1-4-12-5-7-13(8-6-12)19-14(16-17-18-19)10-15-9-11(2)3/h5-8,11,15H,4,9-10H2,1-3H3. The number of hydrogen-bond donors (Lipinski definition) is 1. The Kier molecular flexibility index (Phi) is 4.63. The molecule has 2 aromatic rings. The molecular formula is C14H21N5. The number of hydrogen-bond acceptors (Lipinski definition) is 4. The zero-order valence-corrected chi connectivity index (χ0v) is 11.8. The van der Waals surface area contributed by atoms with Crippen LogP contribution in [0.4, 0.5) is 0 Å². The van der Waals surface area contributed by atoms with Gasteiger partial charge in [-0.1, -0.05) is 32.9 Å². The molecule has 2 rings (SSSR count). The first kappa shape index (κ1) is 13.7. The third kappa shape index (κ3) is 3.61. The van der Waals surface area contributed by atoms with Gasteiger partial charge in [-0.3, -0.25) is 0 Å². The molecule has 5 heteroatoms. The van der Waals surface area contributed by atoms with Crippen molar-refractivity contribution in [1.29, 1.82) is 0 Å². The van der Waals surface area contributed by atoms with Gasteiger partial charge in [-0.15, -0.1) is 5.10 Å². The Balaban J connectivity index is 2.09. The normalized spacial score (nSPS) is 11.2. The lowest BCUT2D eigenvalue weighted by atomic mass is 10.1. The smallest absolute Gasteiger partial charge is 0.170 e. The van der Waals surface area contributed by atoms with Crippen molar-refractivity contribution in [2.24, 2.45) is 5.92 Å². The predicted octanol–water partition coefficient (Wildman–Crippen LogP) is 1.97. The van der Waals surface area contributed by atoms with Gasteiger partial charge in [0.15, 0.2) is 5.82 Å². The largest absolute Gasteiger partial charge is 0.310 e. The van der Waals surface area contributed by atoms with Gasteiger partial charge in [0.2, 0.25) is 0 Å². The highest BCUT2D eigenvalue weighted by Gasteiger charge is 2.07. The summed E-state index contributed by atoms with van der Waals surface area (Å²) in [6, 6.07) is 8.34. The highest BCUT2D eigenvalue weighted by molar-refractivity contribution is 5.34. The van der Waals surface area contributed by atoms with Crippen LogP contribution in [0.1, 0.15) is 32.2 Å². The third-order valence-corrected chi connectivity index (χ3v) is 2.96. The second-order valence-electron chi connectivity index (χ2n) is 5.05. The second-order valence-corrected chi connectivity index (χ2v) is 5.05. The number of nitrogens with one attached hydrogen (secondary N) is 1. The van der Waals surface area contributed by atoms with E-state index in [1.165, 1.54) is 5.56 Å². The number of rotatable bonds is 6. The molecule has 0 saturated carbocycles. The lowest BCUT2D eigenvalue weighted by Crippen LogP contribution is -2.21. The van der Waals surface area contributed by atoms with Gasteiger partial charge in [0, 0.05) is 0 Å². The summed E-state index contributed by atoms with van der Waals surface area (Å²) in [5.74, 6) is 1.46. The molecule has 0 amide bonds. The number of tetrazole rings is 1.